The van der Waals surface area contributed by atoms with Crippen LogP contribution in [0.2, 0.25) is 0 Å². The molecule has 5 rings (SSSR count). The van der Waals surface area contributed by atoms with Crippen molar-refractivity contribution >= 4 is 18.0 Å². The number of aryl methyl sites for hydroxylation is 1. The molecule has 2 aliphatic heterocycles. The number of benzene rings is 2. The largest absolute Gasteiger partial charge is 0.496 e. The second-order valence-electron chi connectivity index (χ2n) is 12.8. The molecule has 0 spiro atoms. The first-order valence-corrected chi connectivity index (χ1v) is 16.3. The van der Waals surface area contributed by atoms with Gasteiger partial charge in [0, 0.05) is 34.5 Å². The number of nitrogens with zero attached hydrogens (tertiary/aromatic N) is 4. The molecule has 0 saturated carbocycles. The molecule has 1 aromatic heterocycles. The summed E-state index contributed by atoms with van der Waals surface area (Å²) < 4.78 is 126. The lowest BCUT2D eigenvalue weighted by Crippen LogP contribution is -2.49. The maximum Gasteiger partial charge on any atom is 0.416 e. The van der Waals surface area contributed by atoms with Gasteiger partial charge >= 0.3 is 24.4 Å². The molecule has 0 aliphatic carbocycles. The van der Waals surface area contributed by atoms with E-state index < -0.39 is 65.3 Å². The normalized spacial score (nSPS) is 18.4. The lowest BCUT2D eigenvalue weighted by atomic mass is 9.93. The van der Waals surface area contributed by atoms with Crippen LogP contribution in [0.4, 0.5) is 45.9 Å². The monoisotopic (exact) mass is 766 g/mol. The number of allylic oxidation sites excluding steroid dienone is 3. The average Bonchev–Trinajstić information content (AvgIpc) is 3.37. The smallest absolute Gasteiger partial charge is 0.416 e. The van der Waals surface area contributed by atoms with Crippen molar-refractivity contribution in [2.45, 2.75) is 58.0 Å². The molecule has 0 radical (unpaired) electrons. The summed E-state index contributed by atoms with van der Waals surface area (Å²) in [7, 11) is 2.53. The van der Waals surface area contributed by atoms with Crippen molar-refractivity contribution < 1.29 is 58.9 Å². The van der Waals surface area contributed by atoms with E-state index in [1.807, 2.05) is 0 Å². The molecule has 288 valence electrons. The zero-order valence-electron chi connectivity index (χ0n) is 29.5. The maximum absolute atomic E-state index is 15.7. The van der Waals surface area contributed by atoms with Crippen LogP contribution in [0.15, 0.2) is 72.0 Å². The van der Waals surface area contributed by atoms with Crippen molar-refractivity contribution in [3.63, 3.8) is 0 Å². The molecule has 0 unspecified atom stereocenters. The average molecular weight is 767 g/mol. The highest BCUT2D eigenvalue weighted by atomic mass is 19.4. The van der Waals surface area contributed by atoms with Crippen LogP contribution in [0, 0.1) is 12.7 Å². The van der Waals surface area contributed by atoms with E-state index in [9.17, 15) is 40.3 Å². The number of carbonyl (C=O) groups is 2. The third-order valence-electron chi connectivity index (χ3n) is 9.06. The van der Waals surface area contributed by atoms with Gasteiger partial charge in [0.05, 0.1) is 56.7 Å². The maximum atomic E-state index is 15.7. The van der Waals surface area contributed by atoms with Gasteiger partial charge < -0.3 is 19.1 Å². The molecular weight excluding hydrogens is 732 g/mol. The minimum atomic E-state index is -5.20. The second-order valence-corrected chi connectivity index (χ2v) is 12.8. The summed E-state index contributed by atoms with van der Waals surface area (Å²) in [6.07, 6.45) is -12.0. The number of ether oxygens (including phenoxy) is 3. The topological polar surface area (TPSA) is 94.1 Å². The molecule has 9 nitrogen and oxygen atoms in total. The van der Waals surface area contributed by atoms with Gasteiger partial charge in [0.15, 0.2) is 0 Å². The molecule has 0 bridgehead atoms. The Balaban J connectivity index is 1.55. The number of alkyl halides is 7. The highest BCUT2D eigenvalue weighted by Gasteiger charge is 2.42. The highest BCUT2D eigenvalue weighted by Crippen LogP contribution is 2.41. The molecule has 2 aromatic carbocycles. The molecule has 2 fully saturated rings. The van der Waals surface area contributed by atoms with Gasteiger partial charge in [-0.2, -0.15) is 26.3 Å². The molecule has 2 aliphatic rings. The summed E-state index contributed by atoms with van der Waals surface area (Å²) >= 11 is 0. The lowest BCUT2D eigenvalue weighted by molar-refractivity contribution is -0.0954. The van der Waals surface area contributed by atoms with Gasteiger partial charge in [-0.05, 0) is 67.8 Å². The van der Waals surface area contributed by atoms with Crippen LogP contribution in [-0.2, 0) is 16.0 Å². The number of hydrogen-bond donors (Lipinski definition) is 0. The Morgan fingerprint density at radius 1 is 1.02 bits per heavy atom. The zero-order valence-corrected chi connectivity index (χ0v) is 29.5. The van der Waals surface area contributed by atoms with E-state index >= 15 is 4.39 Å². The fraction of sp³-hybridized carbons (Fsp3) is 0.351. The number of methoxy groups -OCH3 is 2. The van der Waals surface area contributed by atoms with Crippen LogP contribution in [0.25, 0.3) is 22.3 Å². The van der Waals surface area contributed by atoms with Gasteiger partial charge in [-0.15, -0.1) is 0 Å². The van der Waals surface area contributed by atoms with Gasteiger partial charge in [0.2, 0.25) is 5.95 Å². The number of hydrogen-bond acceptors (Lipinski definition) is 8. The van der Waals surface area contributed by atoms with E-state index in [0.717, 1.165) is 11.0 Å². The third-order valence-corrected chi connectivity index (χ3v) is 9.06. The second kappa shape index (κ2) is 15.1. The number of rotatable bonds is 10. The Bertz CT molecular complexity index is 2040. The molecule has 54 heavy (non-hydrogen) atoms. The lowest BCUT2D eigenvalue weighted by Gasteiger charge is -2.34. The van der Waals surface area contributed by atoms with Crippen molar-refractivity contribution in [3.05, 3.63) is 94.6 Å². The predicted molar refractivity (Wildman–Crippen MR) is 181 cm³/mol. The minimum absolute atomic E-state index is 0.0101. The number of esters is 1. The van der Waals surface area contributed by atoms with Crippen molar-refractivity contribution in [2.75, 3.05) is 32.2 Å². The SMILES string of the molecule is C=C(/C=C(\C=C(/C)C(F)(F)F)C(F)(F)F)[C@H]1OC(=O)N(Cc2nc(N3CC(F)C3)ncc2-c2cc(-c3ccc(C(=O)OC)cc3C)c(F)cc2OC)[C@H]1C. The summed E-state index contributed by atoms with van der Waals surface area (Å²) in [6, 6.07) is 6.12. The number of anilines is 1. The molecular formula is C37H34F8N4O5. The summed E-state index contributed by atoms with van der Waals surface area (Å²) in [5.41, 5.74) is -1.63. The molecule has 1 amide bonds. The zero-order chi connectivity index (χ0) is 39.9. The predicted octanol–water partition coefficient (Wildman–Crippen LogP) is 8.47. The van der Waals surface area contributed by atoms with E-state index in [0.29, 0.717) is 24.1 Å². The van der Waals surface area contributed by atoms with E-state index in [2.05, 4.69) is 16.5 Å². The fourth-order valence-corrected chi connectivity index (χ4v) is 6.01. The van der Waals surface area contributed by atoms with Crippen LogP contribution in [0.1, 0.15) is 35.5 Å². The van der Waals surface area contributed by atoms with Crippen LogP contribution in [-0.4, -0.2) is 84.9 Å². The van der Waals surface area contributed by atoms with Gasteiger partial charge in [-0.25, -0.2) is 28.3 Å². The Hall–Kier alpha value is -5.48. The molecule has 3 heterocycles. The van der Waals surface area contributed by atoms with Crippen LogP contribution in [0.5, 0.6) is 5.75 Å². The quantitative estimate of drug-likeness (QED) is 0.115. The van der Waals surface area contributed by atoms with E-state index in [4.69, 9.17) is 14.2 Å². The first-order valence-electron chi connectivity index (χ1n) is 16.3. The summed E-state index contributed by atoms with van der Waals surface area (Å²) in [6.45, 7) is 6.81. The number of aromatic nitrogens is 2. The number of cyclic esters (lactones) is 1. The van der Waals surface area contributed by atoms with E-state index in [1.165, 1.54) is 50.4 Å². The summed E-state index contributed by atoms with van der Waals surface area (Å²) in [5.74, 6) is -1.12. The standard InChI is InChI=1S/C37H34F8N4O5/c1-18-9-22(33(50)53-6)7-8-25(18)26-12-27(31(52-5)13-29(26)39)28-14-46-34(48-15-24(38)16-48)47-30(28)17-49-21(4)32(54-35(49)51)19(2)10-23(37(43,44)45)11-20(3)36(40,41)42/h7-14,21,24,32H,2,15-17H2,1,3-6H3/b20-11+,23-10+/t21-,32+/m0/s1. The summed E-state index contributed by atoms with van der Waals surface area (Å²) in [4.78, 5) is 37.0. The molecule has 0 N–H and O–H groups in total. The van der Waals surface area contributed by atoms with Crippen molar-refractivity contribution in [3.8, 4) is 28.0 Å². The summed E-state index contributed by atoms with van der Waals surface area (Å²) in [5, 5.41) is 0. The van der Waals surface area contributed by atoms with Gasteiger partial charge in [-0.1, -0.05) is 12.6 Å². The van der Waals surface area contributed by atoms with E-state index in [1.54, 1.807) is 13.0 Å². The molecule has 2 saturated heterocycles. The van der Waals surface area contributed by atoms with Crippen LogP contribution in [0.3, 0.4) is 0 Å². The van der Waals surface area contributed by atoms with Crippen molar-refractivity contribution in [1.82, 2.24) is 14.9 Å². The van der Waals surface area contributed by atoms with Gasteiger partial charge in [0.1, 0.15) is 23.8 Å². The Morgan fingerprint density at radius 2 is 1.70 bits per heavy atom. The molecule has 17 heteroatoms. The Kier molecular flexibility index (Phi) is 11.1. The van der Waals surface area contributed by atoms with Gasteiger partial charge in [0.25, 0.3) is 0 Å². The molecule has 2 atom stereocenters. The van der Waals surface area contributed by atoms with Crippen LogP contribution >= 0.6 is 0 Å². The third kappa shape index (κ3) is 8.19. The highest BCUT2D eigenvalue weighted by molar-refractivity contribution is 5.91. The Labute approximate surface area is 304 Å². The van der Waals surface area contributed by atoms with Crippen LogP contribution < -0.4 is 9.64 Å². The Morgan fingerprint density at radius 3 is 2.28 bits per heavy atom. The number of amides is 1. The molecule has 3 aromatic rings. The number of halogens is 8. The van der Waals surface area contributed by atoms with Gasteiger partial charge in [-0.3, -0.25) is 4.90 Å². The van der Waals surface area contributed by atoms with Crippen molar-refractivity contribution in [1.29, 1.82) is 0 Å². The first-order chi connectivity index (χ1) is 25.2. The fourth-order valence-electron chi connectivity index (χ4n) is 6.01. The minimum Gasteiger partial charge on any atom is -0.496 e. The number of carbonyl (C=O) groups excluding carboxylic acids is 2. The first kappa shape index (κ1) is 39.7. The van der Waals surface area contributed by atoms with Crippen molar-refractivity contribution in [2.24, 2.45) is 0 Å². The van der Waals surface area contributed by atoms with E-state index in [-0.39, 0.29) is 65.4 Å².